The molecule has 2 N–H and O–H groups in total. The molecular formula is C20H32O6. The van der Waals surface area contributed by atoms with Crippen molar-refractivity contribution in [2.24, 2.45) is 5.92 Å². The Morgan fingerprint density at radius 2 is 2.08 bits per heavy atom. The van der Waals surface area contributed by atoms with Gasteiger partial charge in [0.2, 0.25) is 0 Å². The topological polar surface area (TPSA) is 85.2 Å². The zero-order chi connectivity index (χ0) is 18.8. The summed E-state index contributed by atoms with van der Waals surface area (Å²) >= 11 is 0. The van der Waals surface area contributed by atoms with Crippen LogP contribution in [-0.4, -0.2) is 40.9 Å². The molecule has 0 aromatic rings. The number of carbonyl (C=O) groups is 1. The van der Waals surface area contributed by atoms with Gasteiger partial charge in [-0.2, -0.15) is 0 Å². The average molecular weight is 368 g/mol. The molecule has 3 aliphatic heterocycles. The van der Waals surface area contributed by atoms with E-state index in [0.717, 1.165) is 44.9 Å². The summed E-state index contributed by atoms with van der Waals surface area (Å²) in [6.07, 6.45) is 15.3. The van der Waals surface area contributed by atoms with Crippen LogP contribution in [-0.2, 0) is 19.2 Å². The third kappa shape index (κ3) is 6.83. The summed E-state index contributed by atoms with van der Waals surface area (Å²) < 4.78 is 11.6. The molecular weight excluding hydrogens is 336 g/mol. The number of carboxylic acids is 1. The van der Waals surface area contributed by atoms with Crippen LogP contribution < -0.4 is 0 Å². The zero-order valence-electron chi connectivity index (χ0n) is 15.6. The van der Waals surface area contributed by atoms with Crippen molar-refractivity contribution in [1.29, 1.82) is 0 Å². The highest BCUT2D eigenvalue weighted by atomic mass is 17.1. The van der Waals surface area contributed by atoms with E-state index in [1.54, 1.807) is 0 Å². The van der Waals surface area contributed by atoms with Gasteiger partial charge in [0.15, 0.2) is 6.29 Å². The standard InChI is InChI=1S/C20H32O6/c1-2-3-6-9-15(26-23)12-13-17-16(18-14-20(24-17)25-18)10-7-4-5-8-11-19(21)22/h4,7,12-13,15-18,20,23H,2-3,5-6,8-11,14H2,1H3,(H,21,22)/b7-4-,13-12+/t15-,16+,17+,18-,20+/m0/s1. The lowest BCUT2D eigenvalue weighted by Gasteiger charge is -2.49. The predicted octanol–water partition coefficient (Wildman–Crippen LogP) is 4.31. The summed E-state index contributed by atoms with van der Waals surface area (Å²) in [4.78, 5) is 15.1. The third-order valence-corrected chi connectivity index (χ3v) is 5.04. The second kappa shape index (κ2) is 11.5. The molecule has 3 rings (SSSR count). The number of fused-ring (bicyclic) bond motifs is 2. The molecule has 0 radical (unpaired) electrons. The Hall–Kier alpha value is -1.21. The summed E-state index contributed by atoms with van der Waals surface area (Å²) in [5.41, 5.74) is 0. The SMILES string of the molecule is CCCCC[C@@H](/C=C/[C@H]1O[C@H]2C[C@H](O2)[C@@H]1C/C=C\CCCC(=O)O)OO. The van der Waals surface area contributed by atoms with E-state index in [0.29, 0.717) is 6.42 Å². The van der Waals surface area contributed by atoms with E-state index < -0.39 is 5.97 Å². The minimum atomic E-state index is -0.752. The van der Waals surface area contributed by atoms with Crippen LogP contribution in [0.2, 0.25) is 0 Å². The molecule has 2 bridgehead atoms. The monoisotopic (exact) mass is 368 g/mol. The fraction of sp³-hybridized carbons (Fsp3) is 0.750. The summed E-state index contributed by atoms with van der Waals surface area (Å²) in [5, 5.41) is 17.7. The Morgan fingerprint density at radius 3 is 2.77 bits per heavy atom. The molecule has 5 atom stereocenters. The first-order chi connectivity index (χ1) is 12.6. The van der Waals surface area contributed by atoms with Gasteiger partial charge in [-0.05, 0) is 25.7 Å². The molecule has 6 nitrogen and oxygen atoms in total. The molecule has 26 heavy (non-hydrogen) atoms. The van der Waals surface area contributed by atoms with Gasteiger partial charge >= 0.3 is 5.97 Å². The summed E-state index contributed by atoms with van der Waals surface area (Å²) in [6.45, 7) is 2.15. The van der Waals surface area contributed by atoms with Crippen molar-refractivity contribution < 1.29 is 29.5 Å². The van der Waals surface area contributed by atoms with Crippen LogP contribution in [0.3, 0.4) is 0 Å². The first kappa shape index (κ1) is 21.1. The van der Waals surface area contributed by atoms with Gasteiger partial charge in [-0.25, -0.2) is 4.89 Å². The lowest BCUT2D eigenvalue weighted by molar-refractivity contribution is -0.337. The molecule has 0 aliphatic carbocycles. The van der Waals surface area contributed by atoms with Gasteiger partial charge < -0.3 is 14.6 Å². The van der Waals surface area contributed by atoms with Crippen molar-refractivity contribution in [2.45, 2.75) is 89.3 Å². The molecule has 0 spiro atoms. The molecule has 3 heterocycles. The molecule has 3 fully saturated rings. The van der Waals surface area contributed by atoms with Crippen LogP contribution in [0, 0.1) is 5.92 Å². The summed E-state index contributed by atoms with van der Waals surface area (Å²) in [6, 6.07) is 0. The second-order valence-corrected chi connectivity index (χ2v) is 7.12. The van der Waals surface area contributed by atoms with Gasteiger partial charge in [-0.15, -0.1) is 0 Å². The maximum absolute atomic E-state index is 10.5. The summed E-state index contributed by atoms with van der Waals surface area (Å²) in [7, 11) is 0. The minimum Gasteiger partial charge on any atom is -0.481 e. The van der Waals surface area contributed by atoms with Crippen LogP contribution in [0.15, 0.2) is 24.3 Å². The number of rotatable bonds is 13. The van der Waals surface area contributed by atoms with Crippen LogP contribution in [0.5, 0.6) is 0 Å². The van der Waals surface area contributed by atoms with Crippen molar-refractivity contribution in [2.75, 3.05) is 0 Å². The number of hydrogen-bond acceptors (Lipinski definition) is 5. The Bertz CT molecular complexity index is 469. The maximum atomic E-state index is 10.5. The first-order valence-corrected chi connectivity index (χ1v) is 9.80. The van der Waals surface area contributed by atoms with Crippen LogP contribution >= 0.6 is 0 Å². The van der Waals surface area contributed by atoms with E-state index >= 15 is 0 Å². The molecule has 148 valence electrons. The van der Waals surface area contributed by atoms with Gasteiger partial charge in [-0.1, -0.05) is 50.5 Å². The number of carboxylic acid groups (broad SMARTS) is 1. The molecule has 0 unspecified atom stereocenters. The molecule has 0 saturated carbocycles. The highest BCUT2D eigenvalue weighted by Crippen LogP contribution is 2.40. The Balaban J connectivity index is 1.80. The van der Waals surface area contributed by atoms with Gasteiger partial charge in [0.1, 0.15) is 6.10 Å². The predicted molar refractivity (Wildman–Crippen MR) is 97.7 cm³/mol. The van der Waals surface area contributed by atoms with E-state index in [2.05, 4.69) is 17.9 Å². The number of ether oxygens (including phenoxy) is 2. The molecule has 0 aromatic heterocycles. The van der Waals surface area contributed by atoms with Crippen molar-refractivity contribution in [3.63, 3.8) is 0 Å². The second-order valence-electron chi connectivity index (χ2n) is 7.12. The molecule has 0 aromatic carbocycles. The minimum absolute atomic E-state index is 0.0417. The van der Waals surface area contributed by atoms with E-state index in [1.165, 1.54) is 0 Å². The Kier molecular flexibility index (Phi) is 9.32. The van der Waals surface area contributed by atoms with Gasteiger partial charge in [-0.3, -0.25) is 10.1 Å². The molecule has 0 amide bonds. The van der Waals surface area contributed by atoms with Crippen LogP contribution in [0.4, 0.5) is 0 Å². The lowest BCUT2D eigenvalue weighted by atomic mass is 9.84. The van der Waals surface area contributed by atoms with Crippen LogP contribution in [0.25, 0.3) is 0 Å². The van der Waals surface area contributed by atoms with Crippen molar-refractivity contribution >= 4 is 5.97 Å². The zero-order valence-corrected chi connectivity index (χ0v) is 15.6. The van der Waals surface area contributed by atoms with Crippen molar-refractivity contribution in [3.8, 4) is 0 Å². The van der Waals surface area contributed by atoms with Crippen LogP contribution in [0.1, 0.15) is 64.7 Å². The first-order valence-electron chi connectivity index (χ1n) is 9.80. The van der Waals surface area contributed by atoms with Gasteiger partial charge in [0, 0.05) is 18.8 Å². The normalized spacial score (nSPS) is 29.2. The lowest BCUT2D eigenvalue weighted by Crippen LogP contribution is -2.55. The largest absolute Gasteiger partial charge is 0.481 e. The maximum Gasteiger partial charge on any atom is 0.303 e. The smallest absolute Gasteiger partial charge is 0.303 e. The fourth-order valence-corrected chi connectivity index (χ4v) is 3.45. The number of hydrogen-bond donors (Lipinski definition) is 2. The fourth-order valence-electron chi connectivity index (χ4n) is 3.45. The molecule has 3 saturated heterocycles. The Morgan fingerprint density at radius 1 is 1.27 bits per heavy atom. The molecule has 3 aliphatic rings. The van der Waals surface area contributed by atoms with E-state index in [1.807, 2.05) is 18.2 Å². The quantitative estimate of drug-likeness (QED) is 0.218. The van der Waals surface area contributed by atoms with Gasteiger partial charge in [0.05, 0.1) is 12.2 Å². The molecule has 6 heteroatoms. The number of aliphatic carboxylic acids is 1. The van der Waals surface area contributed by atoms with E-state index in [9.17, 15) is 4.79 Å². The number of allylic oxidation sites excluding steroid dienone is 2. The van der Waals surface area contributed by atoms with E-state index in [-0.39, 0.29) is 36.9 Å². The van der Waals surface area contributed by atoms with Gasteiger partial charge in [0.25, 0.3) is 0 Å². The average Bonchev–Trinajstić information content (AvgIpc) is 2.60. The third-order valence-electron chi connectivity index (χ3n) is 5.04. The summed E-state index contributed by atoms with van der Waals surface area (Å²) in [5.74, 6) is -0.514. The highest BCUT2D eigenvalue weighted by Gasteiger charge is 2.46. The highest BCUT2D eigenvalue weighted by molar-refractivity contribution is 5.66. The Labute approximate surface area is 155 Å². The van der Waals surface area contributed by atoms with Crippen molar-refractivity contribution in [3.05, 3.63) is 24.3 Å². The number of unbranched alkanes of at least 4 members (excludes halogenated alkanes) is 3. The van der Waals surface area contributed by atoms with Crippen molar-refractivity contribution in [1.82, 2.24) is 0 Å². The van der Waals surface area contributed by atoms with E-state index in [4.69, 9.17) is 19.8 Å².